The molecule has 1 fully saturated rings. The number of anilines is 1. The molecule has 1 aromatic heterocycles. The highest BCUT2D eigenvalue weighted by Gasteiger charge is 2.33. The van der Waals surface area contributed by atoms with Crippen LogP contribution in [0.25, 0.3) is 0 Å². The van der Waals surface area contributed by atoms with Crippen LogP contribution in [0.15, 0.2) is 12.4 Å². The van der Waals surface area contributed by atoms with Crippen molar-refractivity contribution in [2.45, 2.75) is 12.6 Å². The first-order chi connectivity index (χ1) is 8.07. The SMILES string of the molecule is FC(F)(F)c1cc(N2CCCNCC2)ncn1. The van der Waals surface area contributed by atoms with Crippen LogP contribution >= 0.6 is 0 Å². The fourth-order valence-electron chi connectivity index (χ4n) is 1.75. The molecule has 1 aliphatic heterocycles. The average molecular weight is 246 g/mol. The summed E-state index contributed by atoms with van der Waals surface area (Å²) in [7, 11) is 0. The molecule has 0 saturated carbocycles. The molecule has 2 rings (SSSR count). The van der Waals surface area contributed by atoms with Gasteiger partial charge >= 0.3 is 6.18 Å². The Balaban J connectivity index is 2.20. The lowest BCUT2D eigenvalue weighted by Crippen LogP contribution is -2.29. The van der Waals surface area contributed by atoms with Crippen molar-refractivity contribution >= 4 is 5.82 Å². The smallest absolute Gasteiger partial charge is 0.355 e. The second kappa shape index (κ2) is 4.87. The normalized spacial score (nSPS) is 17.9. The molecule has 17 heavy (non-hydrogen) atoms. The van der Waals surface area contributed by atoms with Crippen molar-refractivity contribution in [2.75, 3.05) is 31.1 Å². The lowest BCUT2D eigenvalue weighted by Gasteiger charge is -2.21. The number of nitrogens with zero attached hydrogens (tertiary/aromatic N) is 3. The number of halogens is 3. The van der Waals surface area contributed by atoms with Crippen LogP contribution in [0.4, 0.5) is 19.0 Å². The van der Waals surface area contributed by atoms with E-state index >= 15 is 0 Å². The Morgan fingerprint density at radius 1 is 1.18 bits per heavy atom. The second-order valence-electron chi connectivity index (χ2n) is 3.85. The summed E-state index contributed by atoms with van der Waals surface area (Å²) in [6.45, 7) is 3.01. The molecule has 2 heterocycles. The molecule has 7 heteroatoms. The van der Waals surface area contributed by atoms with Crippen LogP contribution in [0.1, 0.15) is 12.1 Å². The standard InChI is InChI=1S/C10H13F3N4/c11-10(12,13)8-6-9(16-7-15-8)17-4-1-2-14-3-5-17/h6-7,14H,1-5H2. The molecule has 94 valence electrons. The maximum atomic E-state index is 12.5. The number of nitrogens with one attached hydrogen (secondary N) is 1. The third-order valence-corrected chi connectivity index (χ3v) is 2.61. The molecule has 0 spiro atoms. The molecule has 0 radical (unpaired) electrons. The number of aromatic nitrogens is 2. The average Bonchev–Trinajstić information content (AvgIpc) is 2.56. The Morgan fingerprint density at radius 2 is 2.00 bits per heavy atom. The maximum Gasteiger partial charge on any atom is 0.433 e. The molecule has 1 saturated heterocycles. The molecule has 0 unspecified atom stereocenters. The van der Waals surface area contributed by atoms with Gasteiger partial charge in [0.2, 0.25) is 0 Å². The van der Waals surface area contributed by atoms with E-state index in [0.29, 0.717) is 18.9 Å². The zero-order valence-corrected chi connectivity index (χ0v) is 9.17. The van der Waals surface area contributed by atoms with E-state index in [0.717, 1.165) is 31.9 Å². The summed E-state index contributed by atoms with van der Waals surface area (Å²) in [5.41, 5.74) is -0.889. The molecular weight excluding hydrogens is 233 g/mol. The Kier molecular flexibility index (Phi) is 3.46. The maximum absolute atomic E-state index is 12.5. The van der Waals surface area contributed by atoms with Gasteiger partial charge in [-0.2, -0.15) is 13.2 Å². The van der Waals surface area contributed by atoms with E-state index in [4.69, 9.17) is 0 Å². The molecule has 1 N–H and O–H groups in total. The molecule has 1 aromatic rings. The lowest BCUT2D eigenvalue weighted by molar-refractivity contribution is -0.141. The highest BCUT2D eigenvalue weighted by Crippen LogP contribution is 2.28. The van der Waals surface area contributed by atoms with Gasteiger partial charge in [-0.25, -0.2) is 9.97 Å². The third kappa shape index (κ3) is 3.06. The van der Waals surface area contributed by atoms with Crippen LogP contribution in [0, 0.1) is 0 Å². The Hall–Kier alpha value is -1.37. The van der Waals surface area contributed by atoms with Gasteiger partial charge in [0.25, 0.3) is 0 Å². The first-order valence-electron chi connectivity index (χ1n) is 5.42. The highest BCUT2D eigenvalue weighted by atomic mass is 19.4. The molecular formula is C10H13F3N4. The van der Waals surface area contributed by atoms with E-state index in [9.17, 15) is 13.2 Å². The summed E-state index contributed by atoms with van der Waals surface area (Å²) in [5.74, 6) is 0.344. The van der Waals surface area contributed by atoms with Gasteiger partial charge in [0.05, 0.1) is 0 Å². The van der Waals surface area contributed by atoms with Crippen molar-refractivity contribution in [3.8, 4) is 0 Å². The topological polar surface area (TPSA) is 41.0 Å². The number of rotatable bonds is 1. The van der Waals surface area contributed by atoms with Gasteiger partial charge in [-0.1, -0.05) is 0 Å². The van der Waals surface area contributed by atoms with Crippen molar-refractivity contribution < 1.29 is 13.2 Å². The molecule has 1 aliphatic rings. The predicted molar refractivity (Wildman–Crippen MR) is 56.7 cm³/mol. The highest BCUT2D eigenvalue weighted by molar-refractivity contribution is 5.39. The van der Waals surface area contributed by atoms with Crippen LogP contribution in [0.3, 0.4) is 0 Å². The molecule has 0 bridgehead atoms. The van der Waals surface area contributed by atoms with Crippen LogP contribution in [-0.4, -0.2) is 36.1 Å². The van der Waals surface area contributed by atoms with Crippen LogP contribution in [0.2, 0.25) is 0 Å². The zero-order valence-electron chi connectivity index (χ0n) is 9.17. The van der Waals surface area contributed by atoms with Crippen LogP contribution in [-0.2, 0) is 6.18 Å². The Bertz CT molecular complexity index is 372. The summed E-state index contributed by atoms with van der Waals surface area (Å²) < 4.78 is 37.5. The van der Waals surface area contributed by atoms with Crippen molar-refractivity contribution in [1.29, 1.82) is 0 Å². The van der Waals surface area contributed by atoms with Gasteiger partial charge in [0, 0.05) is 25.7 Å². The first-order valence-corrected chi connectivity index (χ1v) is 5.42. The van der Waals surface area contributed by atoms with E-state index in [2.05, 4.69) is 15.3 Å². The van der Waals surface area contributed by atoms with Gasteiger partial charge in [-0.3, -0.25) is 0 Å². The zero-order chi connectivity index (χ0) is 12.3. The van der Waals surface area contributed by atoms with E-state index < -0.39 is 11.9 Å². The fraction of sp³-hybridized carbons (Fsp3) is 0.600. The van der Waals surface area contributed by atoms with E-state index in [-0.39, 0.29) is 0 Å². The Labute approximate surface area is 96.9 Å². The number of hydrogen-bond acceptors (Lipinski definition) is 4. The third-order valence-electron chi connectivity index (χ3n) is 2.61. The molecule has 4 nitrogen and oxygen atoms in total. The van der Waals surface area contributed by atoms with Crippen molar-refractivity contribution in [3.63, 3.8) is 0 Å². The summed E-state index contributed by atoms with van der Waals surface area (Å²) in [5, 5.41) is 3.18. The number of hydrogen-bond donors (Lipinski definition) is 1. The summed E-state index contributed by atoms with van der Waals surface area (Å²) in [6.07, 6.45) is -2.55. The van der Waals surface area contributed by atoms with Gasteiger partial charge < -0.3 is 10.2 Å². The summed E-state index contributed by atoms with van der Waals surface area (Å²) in [4.78, 5) is 9.00. The van der Waals surface area contributed by atoms with Crippen LogP contribution in [0.5, 0.6) is 0 Å². The Morgan fingerprint density at radius 3 is 2.76 bits per heavy atom. The minimum absolute atomic E-state index is 0.344. The van der Waals surface area contributed by atoms with Gasteiger partial charge in [-0.05, 0) is 13.0 Å². The van der Waals surface area contributed by atoms with Crippen molar-refractivity contribution in [3.05, 3.63) is 18.1 Å². The second-order valence-corrected chi connectivity index (χ2v) is 3.85. The predicted octanol–water partition coefficient (Wildman–Crippen LogP) is 1.30. The largest absolute Gasteiger partial charge is 0.433 e. The van der Waals surface area contributed by atoms with Gasteiger partial charge in [0.15, 0.2) is 0 Å². The summed E-state index contributed by atoms with van der Waals surface area (Å²) >= 11 is 0. The van der Waals surface area contributed by atoms with Crippen molar-refractivity contribution in [1.82, 2.24) is 15.3 Å². The van der Waals surface area contributed by atoms with Crippen LogP contribution < -0.4 is 10.2 Å². The van der Waals surface area contributed by atoms with Gasteiger partial charge in [0.1, 0.15) is 17.8 Å². The monoisotopic (exact) mass is 246 g/mol. The molecule has 0 aromatic carbocycles. The lowest BCUT2D eigenvalue weighted by atomic mass is 10.3. The van der Waals surface area contributed by atoms with Gasteiger partial charge in [-0.15, -0.1) is 0 Å². The quantitative estimate of drug-likeness (QED) is 0.810. The molecule has 0 aliphatic carbocycles. The first kappa shape index (κ1) is 12.1. The van der Waals surface area contributed by atoms with E-state index in [1.165, 1.54) is 0 Å². The summed E-state index contributed by atoms with van der Waals surface area (Å²) in [6, 6.07) is 1.01. The minimum atomic E-state index is -4.41. The van der Waals surface area contributed by atoms with E-state index in [1.807, 2.05) is 4.90 Å². The molecule has 0 atom stereocenters. The van der Waals surface area contributed by atoms with E-state index in [1.54, 1.807) is 0 Å². The molecule has 0 amide bonds. The van der Waals surface area contributed by atoms with Crippen molar-refractivity contribution in [2.24, 2.45) is 0 Å². The number of alkyl halides is 3. The fourth-order valence-corrected chi connectivity index (χ4v) is 1.75. The minimum Gasteiger partial charge on any atom is -0.355 e.